The zero-order chi connectivity index (χ0) is 11.5. The van der Waals surface area contributed by atoms with E-state index in [1.807, 2.05) is 0 Å². The number of pyridine rings is 1. The summed E-state index contributed by atoms with van der Waals surface area (Å²) in [5.74, 6) is -0.322. The minimum absolute atomic E-state index is 0.1000. The molecule has 0 amide bonds. The number of carbonyl (C=O) groups is 1. The maximum atomic E-state index is 11.8. The Morgan fingerprint density at radius 2 is 2.44 bits per heavy atom. The second-order valence-corrected chi connectivity index (χ2v) is 4.19. The Labute approximate surface area is 95.4 Å². The molecule has 2 rings (SSSR count). The van der Waals surface area contributed by atoms with Crippen LogP contribution in [-0.4, -0.2) is 22.0 Å². The highest BCUT2D eigenvalue weighted by Crippen LogP contribution is 2.13. The Hall–Kier alpha value is -1.69. The molecule has 0 atom stereocenters. The highest BCUT2D eigenvalue weighted by Gasteiger charge is 2.09. The van der Waals surface area contributed by atoms with E-state index < -0.39 is 0 Å². The van der Waals surface area contributed by atoms with Gasteiger partial charge in [0.25, 0.3) is 5.56 Å². The normalized spacial score (nSPS) is 10.6. The van der Waals surface area contributed by atoms with Gasteiger partial charge in [0.1, 0.15) is 4.83 Å². The van der Waals surface area contributed by atoms with Crippen LogP contribution in [0, 0.1) is 0 Å². The Balaban J connectivity index is 2.28. The lowest BCUT2D eigenvalue weighted by Crippen LogP contribution is -2.15. The van der Waals surface area contributed by atoms with Crippen molar-refractivity contribution < 1.29 is 9.53 Å². The maximum absolute atomic E-state index is 11.8. The first kappa shape index (κ1) is 10.8. The summed E-state index contributed by atoms with van der Waals surface area (Å²) in [5.41, 5.74) is -0.1000. The fourth-order valence-corrected chi connectivity index (χ4v) is 2.28. The van der Waals surface area contributed by atoms with Gasteiger partial charge in [0.2, 0.25) is 0 Å². The molecule has 16 heavy (non-hydrogen) atoms. The molecule has 6 heteroatoms. The van der Waals surface area contributed by atoms with Crippen molar-refractivity contribution in [1.29, 1.82) is 0 Å². The molecule has 0 spiro atoms. The summed E-state index contributed by atoms with van der Waals surface area (Å²) in [7, 11) is 1.33. The predicted octanol–water partition coefficient (Wildman–Crippen LogP) is 1.02. The van der Waals surface area contributed by atoms with Crippen molar-refractivity contribution >= 4 is 27.7 Å². The van der Waals surface area contributed by atoms with Crippen LogP contribution in [0.15, 0.2) is 23.1 Å². The quantitative estimate of drug-likeness (QED) is 0.749. The van der Waals surface area contributed by atoms with Gasteiger partial charge in [-0.25, -0.2) is 4.98 Å². The van der Waals surface area contributed by atoms with Crippen LogP contribution in [-0.2, 0) is 16.1 Å². The largest absolute Gasteiger partial charge is 0.469 e. The van der Waals surface area contributed by atoms with Gasteiger partial charge in [0, 0.05) is 12.7 Å². The fraction of sp³-hybridized carbons (Fsp3) is 0.300. The van der Waals surface area contributed by atoms with Crippen molar-refractivity contribution in [3.05, 3.63) is 28.7 Å². The van der Waals surface area contributed by atoms with Gasteiger partial charge in [-0.3, -0.25) is 13.5 Å². The monoisotopic (exact) mass is 238 g/mol. The van der Waals surface area contributed by atoms with Gasteiger partial charge in [0.05, 0.1) is 18.9 Å². The number of fused-ring (bicyclic) bond motifs is 1. The molecule has 2 aromatic heterocycles. The third kappa shape index (κ3) is 1.96. The van der Waals surface area contributed by atoms with Gasteiger partial charge in [-0.15, -0.1) is 0 Å². The van der Waals surface area contributed by atoms with Crippen molar-refractivity contribution in [2.24, 2.45) is 0 Å². The molecule has 0 bridgehead atoms. The molecule has 0 saturated carbocycles. The van der Waals surface area contributed by atoms with Crippen molar-refractivity contribution in [1.82, 2.24) is 8.94 Å². The van der Waals surface area contributed by atoms with Crippen LogP contribution in [0.3, 0.4) is 0 Å². The molecule has 0 aliphatic rings. The van der Waals surface area contributed by atoms with Crippen LogP contribution < -0.4 is 5.56 Å². The van der Waals surface area contributed by atoms with Gasteiger partial charge in [-0.2, -0.15) is 0 Å². The number of ether oxygens (including phenoxy) is 1. The number of nitrogens with zero attached hydrogens (tertiary/aromatic N) is 2. The van der Waals surface area contributed by atoms with Gasteiger partial charge in [-0.1, -0.05) is 0 Å². The Morgan fingerprint density at radius 3 is 3.12 bits per heavy atom. The fourth-order valence-electron chi connectivity index (χ4n) is 1.35. The van der Waals surface area contributed by atoms with E-state index in [0.717, 1.165) is 0 Å². The molecule has 2 aromatic rings. The average molecular weight is 238 g/mol. The topological polar surface area (TPSA) is 61.2 Å². The number of aryl methyl sites for hydroxylation is 1. The highest BCUT2D eigenvalue weighted by atomic mass is 32.1. The first-order valence-electron chi connectivity index (χ1n) is 4.74. The number of esters is 1. The molecule has 0 aliphatic heterocycles. The van der Waals surface area contributed by atoms with E-state index in [4.69, 9.17) is 0 Å². The van der Waals surface area contributed by atoms with Gasteiger partial charge in [-0.05, 0) is 23.7 Å². The molecule has 0 aromatic carbocycles. The maximum Gasteiger partial charge on any atom is 0.307 e. The average Bonchev–Trinajstić information content (AvgIpc) is 2.64. The smallest absolute Gasteiger partial charge is 0.307 e. The summed E-state index contributed by atoms with van der Waals surface area (Å²) in [5, 5.41) is 0.595. The van der Waals surface area contributed by atoms with Crippen molar-refractivity contribution in [3.8, 4) is 0 Å². The molecular weight excluding hydrogens is 228 g/mol. The molecule has 0 fully saturated rings. The van der Waals surface area contributed by atoms with Gasteiger partial charge < -0.3 is 4.74 Å². The summed E-state index contributed by atoms with van der Waals surface area (Å²) in [6.07, 6.45) is 1.84. The predicted molar refractivity (Wildman–Crippen MR) is 60.5 cm³/mol. The van der Waals surface area contributed by atoms with Crippen molar-refractivity contribution in [3.63, 3.8) is 0 Å². The second kappa shape index (κ2) is 4.44. The third-order valence-corrected chi connectivity index (χ3v) is 3.24. The molecule has 0 radical (unpaired) electrons. The lowest BCUT2D eigenvalue weighted by Gasteiger charge is -1.98. The second-order valence-electron chi connectivity index (χ2n) is 3.18. The number of aromatic nitrogens is 2. The Morgan fingerprint density at radius 1 is 1.62 bits per heavy atom. The SMILES string of the molecule is COC(=O)CCn1sc2ncccc2c1=O. The molecule has 2 heterocycles. The molecule has 0 aliphatic carbocycles. The summed E-state index contributed by atoms with van der Waals surface area (Å²) in [4.78, 5) is 27.6. The molecule has 84 valence electrons. The lowest BCUT2D eigenvalue weighted by molar-refractivity contribution is -0.140. The number of hydrogen-bond donors (Lipinski definition) is 0. The van der Waals surface area contributed by atoms with Crippen molar-refractivity contribution in [2.75, 3.05) is 7.11 Å². The van der Waals surface area contributed by atoms with E-state index in [-0.39, 0.29) is 17.9 Å². The highest BCUT2D eigenvalue weighted by molar-refractivity contribution is 7.13. The van der Waals surface area contributed by atoms with Gasteiger partial charge >= 0.3 is 5.97 Å². The van der Waals surface area contributed by atoms with E-state index in [1.54, 1.807) is 18.3 Å². The zero-order valence-electron chi connectivity index (χ0n) is 8.67. The summed E-state index contributed by atoms with van der Waals surface area (Å²) < 4.78 is 6.04. The molecule has 0 unspecified atom stereocenters. The minimum atomic E-state index is -0.322. The van der Waals surface area contributed by atoms with Crippen LogP contribution in [0.2, 0.25) is 0 Å². The van der Waals surface area contributed by atoms with Crippen LogP contribution in [0.25, 0.3) is 10.2 Å². The summed E-state index contributed by atoms with van der Waals surface area (Å²) in [6, 6.07) is 3.46. The molecule has 0 saturated heterocycles. The van der Waals surface area contributed by atoms with E-state index in [1.165, 1.54) is 22.6 Å². The van der Waals surface area contributed by atoms with E-state index in [0.29, 0.717) is 16.8 Å². The zero-order valence-corrected chi connectivity index (χ0v) is 9.49. The number of methoxy groups -OCH3 is 1. The Kier molecular flexibility index (Phi) is 3.00. The van der Waals surface area contributed by atoms with Crippen LogP contribution in [0.5, 0.6) is 0 Å². The molecule has 5 nitrogen and oxygen atoms in total. The third-order valence-electron chi connectivity index (χ3n) is 2.17. The molecular formula is C10H10N2O3S. The van der Waals surface area contributed by atoms with Crippen molar-refractivity contribution in [2.45, 2.75) is 13.0 Å². The van der Waals surface area contributed by atoms with Gasteiger partial charge in [0.15, 0.2) is 0 Å². The standard InChI is InChI=1S/C10H10N2O3S/c1-15-8(13)4-6-12-10(14)7-3-2-5-11-9(7)16-12/h2-3,5H,4,6H2,1H3. The number of carbonyl (C=O) groups excluding carboxylic acids is 1. The number of hydrogen-bond acceptors (Lipinski definition) is 5. The number of rotatable bonds is 3. The Bertz CT molecular complexity index is 573. The molecule has 0 N–H and O–H groups in total. The first-order chi connectivity index (χ1) is 7.72. The summed E-state index contributed by atoms with van der Waals surface area (Å²) in [6.45, 7) is 0.340. The van der Waals surface area contributed by atoms with E-state index in [2.05, 4.69) is 9.72 Å². The van der Waals surface area contributed by atoms with Crippen LogP contribution in [0.4, 0.5) is 0 Å². The lowest BCUT2D eigenvalue weighted by atomic mass is 10.4. The van der Waals surface area contributed by atoms with E-state index >= 15 is 0 Å². The first-order valence-corrected chi connectivity index (χ1v) is 5.51. The van der Waals surface area contributed by atoms with Crippen LogP contribution >= 0.6 is 11.5 Å². The summed E-state index contributed by atoms with van der Waals surface area (Å²) >= 11 is 1.26. The minimum Gasteiger partial charge on any atom is -0.469 e. The van der Waals surface area contributed by atoms with Crippen LogP contribution in [0.1, 0.15) is 6.42 Å². The van der Waals surface area contributed by atoms with E-state index in [9.17, 15) is 9.59 Å².